The Morgan fingerprint density at radius 1 is 1.16 bits per heavy atom. The zero-order valence-corrected chi connectivity index (χ0v) is 13.3. The fraction of sp³-hybridized carbons (Fsp3) is 0.133. The second-order valence-electron chi connectivity index (χ2n) is 5.05. The molecule has 2 amide bonds. The quantitative estimate of drug-likeness (QED) is 0.739. The lowest BCUT2D eigenvalue weighted by atomic mass is 10.3. The Labute approximate surface area is 144 Å². The molecular formula is C15H11ClF3N5O. The first kappa shape index (κ1) is 17.0. The van der Waals surface area contributed by atoms with E-state index in [1.807, 2.05) is 0 Å². The number of nitrogens with zero attached hydrogens (tertiary/aromatic N) is 3. The van der Waals surface area contributed by atoms with E-state index in [1.54, 1.807) is 24.3 Å². The number of halogens is 4. The average molecular weight is 370 g/mol. The van der Waals surface area contributed by atoms with Crippen LogP contribution in [0.2, 0.25) is 5.02 Å². The molecule has 2 aromatic heterocycles. The number of hydrogen-bond donors (Lipinski definition) is 2. The lowest BCUT2D eigenvalue weighted by Crippen LogP contribution is -2.29. The highest BCUT2D eigenvalue weighted by molar-refractivity contribution is 6.33. The van der Waals surface area contributed by atoms with Gasteiger partial charge in [0.05, 0.1) is 22.8 Å². The van der Waals surface area contributed by atoms with E-state index in [1.165, 1.54) is 10.5 Å². The molecule has 0 saturated carbocycles. The summed E-state index contributed by atoms with van der Waals surface area (Å²) in [6, 6.07) is 8.20. The first-order chi connectivity index (χ1) is 11.8. The molecule has 0 unspecified atom stereocenters. The standard InChI is InChI=1S/C15H11ClF3N5O/c16-10-3-1-2-4-11(10)21-14(25)20-7-13-23-22-12-6-5-9(8-24(12)13)15(17,18)19/h1-6,8H,7H2,(H2,20,21,25). The summed E-state index contributed by atoms with van der Waals surface area (Å²) >= 11 is 5.93. The summed E-state index contributed by atoms with van der Waals surface area (Å²) in [6.07, 6.45) is -3.59. The number of urea groups is 1. The van der Waals surface area contributed by atoms with Crippen molar-refractivity contribution < 1.29 is 18.0 Å². The maximum atomic E-state index is 12.8. The largest absolute Gasteiger partial charge is 0.417 e. The molecule has 1 aromatic carbocycles. The Bertz CT molecular complexity index is 925. The highest BCUT2D eigenvalue weighted by Crippen LogP contribution is 2.29. The number of hydrogen-bond acceptors (Lipinski definition) is 3. The number of carbonyl (C=O) groups excluding carboxylic acids is 1. The van der Waals surface area contributed by atoms with Crippen LogP contribution in [0.25, 0.3) is 5.65 Å². The van der Waals surface area contributed by atoms with E-state index < -0.39 is 17.8 Å². The van der Waals surface area contributed by atoms with E-state index in [0.29, 0.717) is 10.7 Å². The third-order valence-corrected chi connectivity index (χ3v) is 3.66. The second-order valence-corrected chi connectivity index (χ2v) is 5.45. The molecule has 10 heteroatoms. The number of anilines is 1. The molecule has 0 bridgehead atoms. The van der Waals surface area contributed by atoms with Gasteiger partial charge in [-0.1, -0.05) is 23.7 Å². The summed E-state index contributed by atoms with van der Waals surface area (Å²) in [5.74, 6) is 0.162. The molecule has 0 radical (unpaired) electrons. The summed E-state index contributed by atoms with van der Waals surface area (Å²) < 4.78 is 39.6. The van der Waals surface area contributed by atoms with E-state index in [2.05, 4.69) is 20.8 Å². The number of nitrogens with one attached hydrogen (secondary N) is 2. The number of pyridine rings is 1. The van der Waals surface area contributed by atoms with Gasteiger partial charge in [-0.15, -0.1) is 10.2 Å². The van der Waals surface area contributed by atoms with E-state index >= 15 is 0 Å². The van der Waals surface area contributed by atoms with E-state index in [4.69, 9.17) is 11.6 Å². The summed E-state index contributed by atoms with van der Waals surface area (Å²) in [5, 5.41) is 13.0. The van der Waals surface area contributed by atoms with Crippen molar-refractivity contribution in [2.24, 2.45) is 0 Å². The van der Waals surface area contributed by atoms with Crippen LogP contribution < -0.4 is 10.6 Å². The van der Waals surface area contributed by atoms with Crippen molar-refractivity contribution in [1.82, 2.24) is 19.9 Å². The molecule has 25 heavy (non-hydrogen) atoms. The predicted molar refractivity (Wildman–Crippen MR) is 85.3 cm³/mol. The number of fused-ring (bicyclic) bond motifs is 1. The van der Waals surface area contributed by atoms with E-state index in [-0.39, 0.29) is 18.0 Å². The van der Waals surface area contributed by atoms with Crippen molar-refractivity contribution in [3.63, 3.8) is 0 Å². The van der Waals surface area contributed by atoms with Crippen LogP contribution in [0.5, 0.6) is 0 Å². The third kappa shape index (κ3) is 3.82. The highest BCUT2D eigenvalue weighted by Gasteiger charge is 2.31. The SMILES string of the molecule is O=C(NCc1nnc2ccc(C(F)(F)F)cn12)Nc1ccccc1Cl. The minimum Gasteiger partial charge on any atom is -0.331 e. The molecule has 6 nitrogen and oxygen atoms in total. The van der Waals surface area contributed by atoms with Crippen LogP contribution in [0, 0.1) is 0 Å². The van der Waals surface area contributed by atoms with Gasteiger partial charge >= 0.3 is 12.2 Å². The average Bonchev–Trinajstić information content (AvgIpc) is 2.96. The molecule has 0 aliphatic heterocycles. The number of para-hydroxylation sites is 1. The Morgan fingerprint density at radius 3 is 2.64 bits per heavy atom. The number of benzene rings is 1. The first-order valence-electron chi connectivity index (χ1n) is 7.05. The van der Waals surface area contributed by atoms with Crippen LogP contribution in [0.1, 0.15) is 11.4 Å². The molecule has 0 saturated heterocycles. The minimum absolute atomic E-state index is 0.112. The van der Waals surface area contributed by atoms with Crippen LogP contribution in [0.4, 0.5) is 23.7 Å². The van der Waals surface area contributed by atoms with Crippen LogP contribution in [-0.2, 0) is 12.7 Å². The number of aromatic nitrogens is 3. The molecule has 0 fully saturated rings. The summed E-state index contributed by atoms with van der Waals surface area (Å²) in [6.45, 7) is -0.112. The van der Waals surface area contributed by atoms with Gasteiger partial charge in [-0.25, -0.2) is 4.79 Å². The highest BCUT2D eigenvalue weighted by atomic mass is 35.5. The zero-order valence-electron chi connectivity index (χ0n) is 12.5. The van der Waals surface area contributed by atoms with Crippen LogP contribution >= 0.6 is 11.6 Å². The molecule has 2 heterocycles. The number of carbonyl (C=O) groups is 1. The number of rotatable bonds is 3. The van der Waals surface area contributed by atoms with Crippen molar-refractivity contribution >= 4 is 29.0 Å². The molecule has 0 aliphatic carbocycles. The Hall–Kier alpha value is -2.81. The van der Waals surface area contributed by atoms with Crippen molar-refractivity contribution in [2.75, 3.05) is 5.32 Å². The van der Waals surface area contributed by atoms with Crippen LogP contribution in [0.15, 0.2) is 42.6 Å². The Kier molecular flexibility index (Phi) is 4.49. The normalized spacial score (nSPS) is 11.5. The van der Waals surface area contributed by atoms with Gasteiger partial charge in [-0.2, -0.15) is 13.2 Å². The predicted octanol–water partition coefficient (Wildman–Crippen LogP) is 3.72. The Morgan fingerprint density at radius 2 is 1.92 bits per heavy atom. The molecule has 0 spiro atoms. The molecule has 130 valence electrons. The maximum Gasteiger partial charge on any atom is 0.417 e. The lowest BCUT2D eigenvalue weighted by molar-refractivity contribution is -0.137. The number of amides is 2. The van der Waals surface area contributed by atoms with Crippen LogP contribution in [-0.4, -0.2) is 20.6 Å². The summed E-state index contributed by atoms with van der Waals surface area (Å²) in [7, 11) is 0. The third-order valence-electron chi connectivity index (χ3n) is 3.33. The van der Waals surface area contributed by atoms with Gasteiger partial charge in [-0.05, 0) is 24.3 Å². The van der Waals surface area contributed by atoms with Gasteiger partial charge in [0, 0.05) is 6.20 Å². The summed E-state index contributed by atoms with van der Waals surface area (Å²) in [5.41, 5.74) is -0.176. The van der Waals surface area contributed by atoms with Crippen molar-refractivity contribution in [3.8, 4) is 0 Å². The van der Waals surface area contributed by atoms with E-state index in [0.717, 1.165) is 12.3 Å². The number of alkyl halides is 3. The topological polar surface area (TPSA) is 71.3 Å². The lowest BCUT2D eigenvalue weighted by Gasteiger charge is -2.09. The van der Waals surface area contributed by atoms with Gasteiger partial charge in [0.1, 0.15) is 0 Å². The molecule has 3 aromatic rings. The van der Waals surface area contributed by atoms with Crippen LogP contribution in [0.3, 0.4) is 0 Å². The van der Waals surface area contributed by atoms with Gasteiger partial charge in [0.25, 0.3) is 0 Å². The molecule has 3 rings (SSSR count). The van der Waals surface area contributed by atoms with E-state index in [9.17, 15) is 18.0 Å². The fourth-order valence-electron chi connectivity index (χ4n) is 2.11. The van der Waals surface area contributed by atoms with Gasteiger partial charge in [-0.3, -0.25) is 4.40 Å². The van der Waals surface area contributed by atoms with Crippen molar-refractivity contribution in [2.45, 2.75) is 12.7 Å². The monoisotopic (exact) mass is 369 g/mol. The minimum atomic E-state index is -4.48. The molecule has 2 N–H and O–H groups in total. The fourth-order valence-corrected chi connectivity index (χ4v) is 2.30. The smallest absolute Gasteiger partial charge is 0.331 e. The van der Waals surface area contributed by atoms with Crippen molar-refractivity contribution in [1.29, 1.82) is 0 Å². The first-order valence-corrected chi connectivity index (χ1v) is 7.42. The van der Waals surface area contributed by atoms with Gasteiger partial charge < -0.3 is 10.6 Å². The zero-order chi connectivity index (χ0) is 18.0. The van der Waals surface area contributed by atoms with Gasteiger partial charge in [0.15, 0.2) is 11.5 Å². The van der Waals surface area contributed by atoms with Gasteiger partial charge in [0.2, 0.25) is 0 Å². The van der Waals surface area contributed by atoms with Crippen molar-refractivity contribution in [3.05, 3.63) is 59.0 Å². The Balaban J connectivity index is 1.73. The maximum absolute atomic E-state index is 12.8. The molecular weight excluding hydrogens is 359 g/mol. The summed E-state index contributed by atoms with van der Waals surface area (Å²) in [4.78, 5) is 11.9. The second kappa shape index (κ2) is 6.60. The molecule has 0 aliphatic rings. The molecule has 0 atom stereocenters.